The topological polar surface area (TPSA) is 108 Å². The van der Waals surface area contributed by atoms with Crippen molar-refractivity contribution in [2.75, 3.05) is 12.4 Å². The van der Waals surface area contributed by atoms with Crippen LogP contribution < -0.4 is 14.8 Å². The summed E-state index contributed by atoms with van der Waals surface area (Å²) in [6, 6.07) is 7.85. The van der Waals surface area contributed by atoms with Crippen molar-refractivity contribution in [1.82, 2.24) is 19.9 Å². The number of ether oxygens (including phenoxy) is 3. The Hall–Kier alpha value is -4.23. The van der Waals surface area contributed by atoms with E-state index < -0.39 is 42.9 Å². The second-order valence-electron chi connectivity index (χ2n) is 10.0. The number of hydrogen-bond acceptors (Lipinski definition) is 9. The normalized spacial score (nSPS) is 18.0. The van der Waals surface area contributed by atoms with Gasteiger partial charge in [0.05, 0.1) is 53.5 Å². The fourth-order valence-corrected chi connectivity index (χ4v) is 6.05. The average Bonchev–Trinajstić information content (AvgIpc) is 3.37. The van der Waals surface area contributed by atoms with E-state index in [2.05, 4.69) is 25.3 Å². The fraction of sp³-hybridized carbons (Fsp3) is 0.276. The summed E-state index contributed by atoms with van der Waals surface area (Å²) >= 11 is 7.61. The Morgan fingerprint density at radius 1 is 1.09 bits per heavy atom. The molecule has 222 valence electrons. The molecule has 1 aliphatic carbocycles. The molecule has 0 unspecified atom stereocenters. The van der Waals surface area contributed by atoms with Crippen molar-refractivity contribution < 1.29 is 32.2 Å². The molecule has 1 fully saturated rings. The number of nitrogens with one attached hydrogen (secondary N) is 1. The van der Waals surface area contributed by atoms with Gasteiger partial charge in [-0.1, -0.05) is 11.6 Å². The van der Waals surface area contributed by atoms with Crippen LogP contribution in [-0.4, -0.2) is 51.3 Å². The number of nitrogens with zero attached hydrogens (tertiary/aromatic N) is 4. The van der Waals surface area contributed by atoms with Crippen molar-refractivity contribution in [3.63, 3.8) is 0 Å². The molecule has 1 aliphatic rings. The predicted molar refractivity (Wildman–Crippen MR) is 156 cm³/mol. The van der Waals surface area contributed by atoms with E-state index >= 15 is 4.39 Å². The van der Waals surface area contributed by atoms with Crippen molar-refractivity contribution in [2.45, 2.75) is 44.3 Å². The molecule has 0 aliphatic heterocycles. The van der Waals surface area contributed by atoms with E-state index in [0.717, 1.165) is 5.39 Å². The van der Waals surface area contributed by atoms with Crippen LogP contribution in [0.3, 0.4) is 0 Å². The summed E-state index contributed by atoms with van der Waals surface area (Å²) in [6.07, 6.45) is -0.341. The molecule has 14 heteroatoms. The highest BCUT2D eigenvalue weighted by atomic mass is 35.5. The number of methoxy groups -OCH3 is 1. The zero-order valence-electron chi connectivity index (χ0n) is 22.7. The van der Waals surface area contributed by atoms with Crippen LogP contribution >= 0.6 is 22.9 Å². The molecular formula is C29H23ClF3N5O4S. The number of rotatable bonds is 6. The van der Waals surface area contributed by atoms with Crippen LogP contribution in [0.5, 0.6) is 11.5 Å². The number of anilines is 1. The van der Waals surface area contributed by atoms with Gasteiger partial charge in [-0.05, 0) is 31.5 Å². The van der Waals surface area contributed by atoms with Gasteiger partial charge >= 0.3 is 6.09 Å². The third-order valence-corrected chi connectivity index (χ3v) is 8.17. The Bertz CT molecular complexity index is 1840. The predicted octanol–water partition coefficient (Wildman–Crippen LogP) is 7.59. The third kappa shape index (κ3) is 6.27. The number of thiazole rings is 1. The molecule has 6 rings (SSSR count). The number of alkyl halides is 2. The molecule has 43 heavy (non-hydrogen) atoms. The largest absolute Gasteiger partial charge is 0.495 e. The van der Waals surface area contributed by atoms with Gasteiger partial charge in [-0.15, -0.1) is 11.3 Å². The number of carbonyl (C=O) groups excluding carboxylic acids is 1. The summed E-state index contributed by atoms with van der Waals surface area (Å²) in [4.78, 5) is 29.6. The second kappa shape index (κ2) is 11.5. The lowest BCUT2D eigenvalue weighted by Crippen LogP contribution is -2.45. The Morgan fingerprint density at radius 2 is 1.88 bits per heavy atom. The van der Waals surface area contributed by atoms with Crippen LogP contribution in [0, 0.1) is 12.7 Å². The summed E-state index contributed by atoms with van der Waals surface area (Å²) < 4.78 is 61.1. The molecule has 0 bridgehead atoms. The molecule has 3 aromatic heterocycles. The highest BCUT2D eigenvalue weighted by molar-refractivity contribution is 7.21. The van der Waals surface area contributed by atoms with Crippen molar-refractivity contribution in [1.29, 1.82) is 0 Å². The fourth-order valence-electron chi connectivity index (χ4n) is 4.83. The molecule has 1 amide bonds. The minimum Gasteiger partial charge on any atom is -0.495 e. The van der Waals surface area contributed by atoms with Gasteiger partial charge < -0.3 is 14.2 Å². The zero-order valence-corrected chi connectivity index (χ0v) is 24.3. The van der Waals surface area contributed by atoms with E-state index in [-0.39, 0.29) is 17.9 Å². The van der Waals surface area contributed by atoms with Crippen LogP contribution in [0.15, 0.2) is 48.9 Å². The second-order valence-corrected chi connectivity index (χ2v) is 11.5. The molecule has 0 spiro atoms. The van der Waals surface area contributed by atoms with E-state index in [0.29, 0.717) is 42.9 Å². The van der Waals surface area contributed by atoms with Gasteiger partial charge in [0, 0.05) is 34.5 Å². The number of aryl methyl sites for hydroxylation is 1. The van der Waals surface area contributed by atoms with Gasteiger partial charge in [0.2, 0.25) is 0 Å². The van der Waals surface area contributed by atoms with Gasteiger partial charge in [-0.3, -0.25) is 10.3 Å². The van der Waals surface area contributed by atoms with Crippen LogP contribution in [0.4, 0.5) is 23.7 Å². The first-order chi connectivity index (χ1) is 20.6. The molecular weight excluding hydrogens is 607 g/mol. The molecule has 3 heterocycles. The standard InChI is InChI=1S/C29H23ClF3N5O4S/c1-14-34-11-17(12-35-14)37-28(39)42-22-3-4-29(32,33)10-24(22)41-23-9-25-21(8-20(23)31)38-27(43-25)19-7-16(30)5-15-6-18(40-2)13-36-26(15)19/h5-9,11-13,22,24H,3-4,10H2,1-2H3,(H,37,39)/t22-,24+/m1/s1. The maximum atomic E-state index is 15.3. The van der Waals surface area contributed by atoms with Gasteiger partial charge in [-0.25, -0.2) is 32.9 Å². The maximum absolute atomic E-state index is 15.3. The van der Waals surface area contributed by atoms with Crippen molar-refractivity contribution in [3.8, 4) is 22.1 Å². The molecule has 5 aromatic rings. The Balaban J connectivity index is 1.27. The summed E-state index contributed by atoms with van der Waals surface area (Å²) in [6.45, 7) is 1.68. The van der Waals surface area contributed by atoms with E-state index in [1.807, 2.05) is 0 Å². The smallest absolute Gasteiger partial charge is 0.412 e. The van der Waals surface area contributed by atoms with Crippen molar-refractivity contribution in [3.05, 3.63) is 65.6 Å². The number of fused-ring (bicyclic) bond motifs is 2. The molecule has 0 saturated heterocycles. The van der Waals surface area contributed by atoms with Crippen LogP contribution in [0.25, 0.3) is 31.7 Å². The number of amides is 1. The van der Waals surface area contributed by atoms with Gasteiger partial charge in [0.15, 0.2) is 11.6 Å². The zero-order chi connectivity index (χ0) is 30.3. The molecule has 1 saturated carbocycles. The molecule has 2 aromatic carbocycles. The summed E-state index contributed by atoms with van der Waals surface area (Å²) in [5, 5.41) is 4.18. The molecule has 0 radical (unpaired) electrons. The van der Waals surface area contributed by atoms with Crippen molar-refractivity contribution in [2.24, 2.45) is 0 Å². The van der Waals surface area contributed by atoms with Gasteiger partial charge in [0.25, 0.3) is 5.92 Å². The average molecular weight is 630 g/mol. The minimum atomic E-state index is -3.08. The van der Waals surface area contributed by atoms with Crippen LogP contribution in [0.1, 0.15) is 25.1 Å². The molecule has 2 atom stereocenters. The first-order valence-electron chi connectivity index (χ1n) is 13.1. The van der Waals surface area contributed by atoms with E-state index in [9.17, 15) is 13.6 Å². The number of carbonyl (C=O) groups is 1. The lowest BCUT2D eigenvalue weighted by Gasteiger charge is -2.35. The molecule has 1 N–H and O–H groups in total. The van der Waals surface area contributed by atoms with E-state index in [1.54, 1.807) is 31.3 Å². The summed E-state index contributed by atoms with van der Waals surface area (Å²) in [7, 11) is 1.54. The highest BCUT2D eigenvalue weighted by Gasteiger charge is 2.45. The number of pyridine rings is 1. The Labute approximate surface area is 252 Å². The number of aromatic nitrogens is 4. The third-order valence-electron chi connectivity index (χ3n) is 6.90. The highest BCUT2D eigenvalue weighted by Crippen LogP contribution is 2.41. The molecule has 9 nitrogen and oxygen atoms in total. The van der Waals surface area contributed by atoms with Gasteiger partial charge in [-0.2, -0.15) is 0 Å². The first kappa shape index (κ1) is 28.9. The maximum Gasteiger partial charge on any atom is 0.412 e. The lowest BCUT2D eigenvalue weighted by molar-refractivity contribution is -0.114. The SMILES string of the molecule is COc1cnc2c(-c3nc4cc(F)c(O[C@H]5CC(F)(F)CC[C@H]5OC(=O)Nc5cnc(C)nc5)cc4s3)cc(Cl)cc2c1. The minimum absolute atomic E-state index is 0.177. The van der Waals surface area contributed by atoms with Crippen LogP contribution in [-0.2, 0) is 4.74 Å². The van der Waals surface area contributed by atoms with E-state index in [4.69, 9.17) is 25.8 Å². The van der Waals surface area contributed by atoms with Crippen molar-refractivity contribution >= 4 is 55.8 Å². The van der Waals surface area contributed by atoms with E-state index in [1.165, 1.54) is 43.0 Å². The number of hydrogen-bond donors (Lipinski definition) is 1. The summed E-state index contributed by atoms with van der Waals surface area (Å²) in [5.41, 5.74) is 1.88. The number of benzene rings is 2. The van der Waals surface area contributed by atoms with Gasteiger partial charge in [0.1, 0.15) is 28.8 Å². The summed E-state index contributed by atoms with van der Waals surface area (Å²) in [5.74, 6) is -3.06. The number of halogens is 4. The Morgan fingerprint density at radius 3 is 2.65 bits per heavy atom. The monoisotopic (exact) mass is 629 g/mol. The van der Waals surface area contributed by atoms with Crippen LogP contribution in [0.2, 0.25) is 5.02 Å². The Kier molecular flexibility index (Phi) is 7.69. The lowest BCUT2D eigenvalue weighted by atomic mass is 9.91. The first-order valence-corrected chi connectivity index (χ1v) is 14.3. The quantitative estimate of drug-likeness (QED) is 0.205.